The van der Waals surface area contributed by atoms with E-state index in [-0.39, 0.29) is 11.3 Å². The third kappa shape index (κ3) is 4.81. The zero-order chi connectivity index (χ0) is 15.1. The fourth-order valence-electron chi connectivity index (χ4n) is 1.30. The Morgan fingerprint density at radius 2 is 2.00 bits per heavy atom. The summed E-state index contributed by atoms with van der Waals surface area (Å²) in [6, 6.07) is 6.03. The van der Waals surface area contributed by atoms with Crippen molar-refractivity contribution in [2.75, 3.05) is 13.2 Å². The summed E-state index contributed by atoms with van der Waals surface area (Å²) in [5.74, 6) is -1.30. The molecule has 0 spiro atoms. The van der Waals surface area contributed by atoms with Crippen molar-refractivity contribution in [2.45, 2.75) is 12.5 Å². The Balaban J connectivity index is 2.47. The molecule has 6 nitrogen and oxygen atoms in total. The number of hydrogen-bond acceptors (Lipinski definition) is 4. The number of ether oxygens (including phenoxy) is 1. The van der Waals surface area contributed by atoms with Gasteiger partial charge in [0.05, 0.1) is 5.56 Å². The first-order valence-corrected chi connectivity index (χ1v) is 5.66. The van der Waals surface area contributed by atoms with Gasteiger partial charge in [0.2, 0.25) is 0 Å². The second-order valence-corrected chi connectivity index (χ2v) is 3.85. The van der Waals surface area contributed by atoms with Gasteiger partial charge in [0.1, 0.15) is 11.9 Å². The molecule has 0 radical (unpaired) electrons. The maximum atomic E-state index is 12.0. The van der Waals surface area contributed by atoms with Crippen LogP contribution in [0.25, 0.3) is 0 Å². The van der Waals surface area contributed by atoms with E-state index in [1.807, 2.05) is 0 Å². The summed E-state index contributed by atoms with van der Waals surface area (Å²) in [4.78, 5) is 22.4. The number of primary amides is 1. The monoisotopic (exact) mass is 288 g/mol. The Bertz CT molecular complexity index is 482. The van der Waals surface area contributed by atoms with Crippen LogP contribution in [0.15, 0.2) is 24.3 Å². The molecule has 0 bridgehead atoms. The molecular formula is C12H14F2N2O4. The number of alkyl halides is 2. The largest absolute Gasteiger partial charge is 0.483 e. The number of hydrogen-bond donors (Lipinski definition) is 3. The number of para-hydroxylation sites is 1. The third-order valence-corrected chi connectivity index (χ3v) is 2.31. The van der Waals surface area contributed by atoms with E-state index in [2.05, 4.69) is 5.32 Å². The first-order chi connectivity index (χ1) is 9.41. The number of rotatable bonds is 7. The Labute approximate surface area is 113 Å². The van der Waals surface area contributed by atoms with Gasteiger partial charge >= 0.3 is 0 Å². The molecule has 110 valence electrons. The van der Waals surface area contributed by atoms with Crippen LogP contribution in [-0.4, -0.2) is 42.6 Å². The average molecular weight is 288 g/mol. The SMILES string of the molecule is NC(=O)c1ccccc1OCC(=O)NCC(O)C(F)F. The molecule has 1 unspecified atom stereocenters. The summed E-state index contributed by atoms with van der Waals surface area (Å²) >= 11 is 0. The van der Waals surface area contributed by atoms with Gasteiger partial charge in [-0.15, -0.1) is 0 Å². The molecule has 0 fully saturated rings. The highest BCUT2D eigenvalue weighted by atomic mass is 19.3. The first-order valence-electron chi connectivity index (χ1n) is 5.66. The number of nitrogens with two attached hydrogens (primary N) is 1. The molecular weight excluding hydrogens is 274 g/mol. The molecule has 4 N–H and O–H groups in total. The van der Waals surface area contributed by atoms with E-state index in [4.69, 9.17) is 15.6 Å². The molecule has 1 atom stereocenters. The van der Waals surface area contributed by atoms with E-state index in [0.717, 1.165) is 0 Å². The highest BCUT2D eigenvalue weighted by Gasteiger charge is 2.17. The maximum absolute atomic E-state index is 12.0. The fourth-order valence-corrected chi connectivity index (χ4v) is 1.30. The van der Waals surface area contributed by atoms with Crippen molar-refractivity contribution < 1.29 is 28.2 Å². The molecule has 8 heteroatoms. The van der Waals surface area contributed by atoms with Crippen LogP contribution >= 0.6 is 0 Å². The van der Waals surface area contributed by atoms with Crippen LogP contribution in [0.1, 0.15) is 10.4 Å². The minimum Gasteiger partial charge on any atom is -0.483 e. The van der Waals surface area contributed by atoms with Crippen molar-refractivity contribution in [3.63, 3.8) is 0 Å². The lowest BCUT2D eigenvalue weighted by Gasteiger charge is -2.12. The smallest absolute Gasteiger partial charge is 0.265 e. The third-order valence-electron chi connectivity index (χ3n) is 2.31. The second kappa shape index (κ2) is 7.39. The Morgan fingerprint density at radius 1 is 1.35 bits per heavy atom. The molecule has 1 aromatic carbocycles. The fraction of sp³-hybridized carbons (Fsp3) is 0.333. The van der Waals surface area contributed by atoms with Gasteiger partial charge in [-0.2, -0.15) is 0 Å². The average Bonchev–Trinajstić information content (AvgIpc) is 2.42. The van der Waals surface area contributed by atoms with E-state index in [0.29, 0.717) is 0 Å². The number of aliphatic hydroxyl groups is 1. The first kappa shape index (κ1) is 15.8. The van der Waals surface area contributed by atoms with E-state index < -0.39 is 37.5 Å². The molecule has 0 heterocycles. The summed E-state index contributed by atoms with van der Waals surface area (Å²) in [5, 5.41) is 10.9. The van der Waals surface area contributed by atoms with E-state index in [1.54, 1.807) is 12.1 Å². The van der Waals surface area contributed by atoms with Crippen LogP contribution in [0.5, 0.6) is 5.75 Å². The summed E-state index contributed by atoms with van der Waals surface area (Å²) < 4.78 is 29.0. The molecule has 20 heavy (non-hydrogen) atoms. The summed E-state index contributed by atoms with van der Waals surface area (Å²) in [6.45, 7) is -1.07. The summed E-state index contributed by atoms with van der Waals surface area (Å²) in [6.07, 6.45) is -4.87. The minimum absolute atomic E-state index is 0.105. The van der Waals surface area contributed by atoms with Crippen molar-refractivity contribution >= 4 is 11.8 Å². The van der Waals surface area contributed by atoms with Crippen LogP contribution in [0, 0.1) is 0 Å². The lowest BCUT2D eigenvalue weighted by molar-refractivity contribution is -0.124. The Hall–Kier alpha value is -2.22. The highest BCUT2D eigenvalue weighted by Crippen LogP contribution is 2.16. The minimum atomic E-state index is -2.94. The van der Waals surface area contributed by atoms with E-state index in [1.165, 1.54) is 12.1 Å². The quantitative estimate of drug-likeness (QED) is 0.652. The van der Waals surface area contributed by atoms with Crippen molar-refractivity contribution in [3.05, 3.63) is 29.8 Å². The topological polar surface area (TPSA) is 102 Å². The predicted octanol–water partition coefficient (Wildman–Crippen LogP) is -0.0935. The molecule has 0 aromatic heterocycles. The number of amides is 2. The van der Waals surface area contributed by atoms with Crippen LogP contribution in [0.4, 0.5) is 8.78 Å². The number of carbonyl (C=O) groups excluding carboxylic acids is 2. The van der Waals surface area contributed by atoms with E-state index >= 15 is 0 Å². The molecule has 1 rings (SSSR count). The van der Waals surface area contributed by atoms with Crippen LogP contribution in [-0.2, 0) is 4.79 Å². The second-order valence-electron chi connectivity index (χ2n) is 3.85. The molecule has 0 saturated carbocycles. The lowest BCUT2D eigenvalue weighted by Crippen LogP contribution is -2.38. The van der Waals surface area contributed by atoms with Gasteiger partial charge in [-0.25, -0.2) is 8.78 Å². The number of nitrogens with one attached hydrogen (secondary N) is 1. The molecule has 0 aliphatic carbocycles. The van der Waals surface area contributed by atoms with Crippen LogP contribution in [0.2, 0.25) is 0 Å². The zero-order valence-corrected chi connectivity index (χ0v) is 10.4. The van der Waals surface area contributed by atoms with Crippen LogP contribution < -0.4 is 15.8 Å². The standard InChI is InChI=1S/C12H14F2N2O4/c13-11(14)8(17)5-16-10(18)6-20-9-4-2-1-3-7(9)12(15)19/h1-4,8,11,17H,5-6H2,(H2,15,19)(H,16,18). The van der Waals surface area contributed by atoms with E-state index in [9.17, 15) is 18.4 Å². The molecule has 0 aliphatic rings. The summed E-state index contributed by atoms with van der Waals surface area (Å²) in [7, 11) is 0. The van der Waals surface area contributed by atoms with Gasteiger partial charge in [-0.1, -0.05) is 12.1 Å². The maximum Gasteiger partial charge on any atom is 0.265 e. The molecule has 0 saturated heterocycles. The lowest BCUT2D eigenvalue weighted by atomic mass is 10.2. The highest BCUT2D eigenvalue weighted by molar-refractivity contribution is 5.95. The molecule has 2 amide bonds. The Kier molecular flexibility index (Phi) is 5.85. The Morgan fingerprint density at radius 3 is 2.60 bits per heavy atom. The number of halogens is 2. The summed E-state index contributed by atoms with van der Waals surface area (Å²) in [5.41, 5.74) is 5.22. The number of aliphatic hydroxyl groups excluding tert-OH is 1. The van der Waals surface area contributed by atoms with Crippen molar-refractivity contribution in [2.24, 2.45) is 5.73 Å². The molecule has 0 aliphatic heterocycles. The van der Waals surface area contributed by atoms with Gasteiger partial charge in [0.25, 0.3) is 18.2 Å². The normalized spacial score (nSPS) is 12.0. The van der Waals surface area contributed by atoms with Gasteiger partial charge in [-0.05, 0) is 12.1 Å². The van der Waals surface area contributed by atoms with Crippen molar-refractivity contribution in [3.8, 4) is 5.75 Å². The predicted molar refractivity (Wildman–Crippen MR) is 65.5 cm³/mol. The van der Waals surface area contributed by atoms with Crippen molar-refractivity contribution in [1.29, 1.82) is 0 Å². The van der Waals surface area contributed by atoms with Gasteiger partial charge in [0.15, 0.2) is 6.61 Å². The number of carbonyl (C=O) groups is 2. The van der Waals surface area contributed by atoms with Crippen LogP contribution in [0.3, 0.4) is 0 Å². The molecule has 1 aromatic rings. The van der Waals surface area contributed by atoms with Gasteiger partial charge < -0.3 is 20.9 Å². The van der Waals surface area contributed by atoms with Crippen molar-refractivity contribution in [1.82, 2.24) is 5.32 Å². The number of benzene rings is 1. The van der Waals surface area contributed by atoms with Gasteiger partial charge in [0, 0.05) is 6.54 Å². The van der Waals surface area contributed by atoms with Gasteiger partial charge in [-0.3, -0.25) is 9.59 Å². The zero-order valence-electron chi connectivity index (χ0n) is 10.4.